The maximum atomic E-state index is 10.1. The molecule has 0 saturated heterocycles. The molecule has 0 spiro atoms. The molecule has 2 aromatic rings. The zero-order chi connectivity index (χ0) is 15.4. The number of hydrogen-bond donors (Lipinski definition) is 2. The number of hydrogen-bond acceptors (Lipinski definition) is 3. The van der Waals surface area contributed by atoms with E-state index in [0.29, 0.717) is 18.2 Å². The number of halogens is 1. The Morgan fingerprint density at radius 2 is 1.86 bits per heavy atom. The fraction of sp³-hybridized carbons (Fsp3) is 0.294. The zero-order valence-corrected chi connectivity index (χ0v) is 14.6. The van der Waals surface area contributed by atoms with Crippen molar-refractivity contribution in [3.05, 3.63) is 51.1 Å². The lowest BCUT2D eigenvalue weighted by Gasteiger charge is -2.12. The van der Waals surface area contributed by atoms with Crippen molar-refractivity contribution in [3.8, 4) is 11.5 Å². The topological polar surface area (TPSA) is 41.5 Å². The lowest BCUT2D eigenvalue weighted by Crippen LogP contribution is -2.01. The summed E-state index contributed by atoms with van der Waals surface area (Å²) in [7, 11) is 1.56. The molecule has 0 aliphatic rings. The Hall–Kier alpha value is -1.43. The van der Waals surface area contributed by atoms with E-state index in [1.165, 1.54) is 5.56 Å². The summed E-state index contributed by atoms with van der Waals surface area (Å²) in [6.45, 7) is 4.91. The summed E-state index contributed by atoms with van der Waals surface area (Å²) in [4.78, 5) is 0. The summed E-state index contributed by atoms with van der Waals surface area (Å²) in [5.41, 5.74) is 3.18. The zero-order valence-electron chi connectivity index (χ0n) is 12.5. The van der Waals surface area contributed by atoms with E-state index < -0.39 is 0 Å². The molecular formula is C17H20INO2. The van der Waals surface area contributed by atoms with E-state index in [4.69, 9.17) is 4.74 Å². The first kappa shape index (κ1) is 15.9. The number of rotatable bonds is 5. The second-order valence-corrected chi connectivity index (χ2v) is 6.49. The average Bonchev–Trinajstić information content (AvgIpc) is 2.48. The first-order chi connectivity index (χ1) is 10.0. The molecule has 0 fully saturated rings. The number of aromatic hydroxyl groups is 1. The van der Waals surface area contributed by atoms with Crippen LogP contribution in [0.15, 0.2) is 36.4 Å². The summed E-state index contributed by atoms with van der Waals surface area (Å²) in [6, 6.07) is 12.2. The van der Waals surface area contributed by atoms with Crippen molar-refractivity contribution >= 4 is 28.3 Å². The quantitative estimate of drug-likeness (QED) is 0.717. The minimum absolute atomic E-state index is 0.198. The molecule has 4 heteroatoms. The van der Waals surface area contributed by atoms with Gasteiger partial charge in [-0.1, -0.05) is 26.0 Å². The van der Waals surface area contributed by atoms with Gasteiger partial charge < -0.3 is 15.2 Å². The number of nitrogens with one attached hydrogen (secondary N) is 1. The molecule has 2 aromatic carbocycles. The Bertz CT molecular complexity index is 609. The highest BCUT2D eigenvalue weighted by Crippen LogP contribution is 2.32. The van der Waals surface area contributed by atoms with Crippen LogP contribution < -0.4 is 10.1 Å². The van der Waals surface area contributed by atoms with Crippen LogP contribution in [-0.4, -0.2) is 12.2 Å². The van der Waals surface area contributed by atoms with Crippen LogP contribution in [0.3, 0.4) is 0 Å². The smallest absolute Gasteiger partial charge is 0.162 e. The van der Waals surface area contributed by atoms with E-state index in [0.717, 1.165) is 14.8 Å². The molecule has 0 aliphatic carbocycles. The van der Waals surface area contributed by atoms with Gasteiger partial charge in [0.2, 0.25) is 0 Å². The van der Waals surface area contributed by atoms with Crippen LogP contribution in [-0.2, 0) is 6.54 Å². The summed E-state index contributed by atoms with van der Waals surface area (Å²) in [6.07, 6.45) is 0. The third kappa shape index (κ3) is 4.03. The van der Waals surface area contributed by atoms with Gasteiger partial charge in [0.25, 0.3) is 0 Å². The molecule has 0 radical (unpaired) electrons. The number of benzene rings is 2. The normalized spacial score (nSPS) is 10.7. The van der Waals surface area contributed by atoms with Crippen LogP contribution in [0.5, 0.6) is 11.5 Å². The Morgan fingerprint density at radius 1 is 1.19 bits per heavy atom. The van der Waals surface area contributed by atoms with Gasteiger partial charge in [0.05, 0.1) is 7.11 Å². The largest absolute Gasteiger partial charge is 0.504 e. The van der Waals surface area contributed by atoms with Crippen LogP contribution in [0.1, 0.15) is 30.9 Å². The van der Waals surface area contributed by atoms with Crippen LogP contribution in [0, 0.1) is 3.57 Å². The van der Waals surface area contributed by atoms with Crippen molar-refractivity contribution in [3.63, 3.8) is 0 Å². The SMILES string of the molecule is COc1cc(I)cc(CNc2ccc(C(C)C)cc2)c1O. The molecule has 0 aromatic heterocycles. The molecule has 3 nitrogen and oxygen atoms in total. The summed E-state index contributed by atoms with van der Waals surface area (Å²) < 4.78 is 6.21. The van der Waals surface area contributed by atoms with Crippen LogP contribution in [0.25, 0.3) is 0 Å². The fourth-order valence-corrected chi connectivity index (χ4v) is 2.76. The first-order valence-corrected chi connectivity index (χ1v) is 7.98. The van der Waals surface area contributed by atoms with Crippen molar-refractivity contribution in [1.82, 2.24) is 0 Å². The Labute approximate surface area is 139 Å². The summed E-state index contributed by atoms with van der Waals surface area (Å²) >= 11 is 2.22. The summed E-state index contributed by atoms with van der Waals surface area (Å²) in [5.74, 6) is 1.24. The van der Waals surface area contributed by atoms with Gasteiger partial charge in [-0.15, -0.1) is 0 Å². The molecule has 2 N–H and O–H groups in total. The molecule has 0 bridgehead atoms. The van der Waals surface area contributed by atoms with Crippen molar-refractivity contribution in [2.24, 2.45) is 0 Å². The molecule has 0 aliphatic heterocycles. The highest BCUT2D eigenvalue weighted by Gasteiger charge is 2.09. The molecule has 112 valence electrons. The lowest BCUT2D eigenvalue weighted by atomic mass is 10.0. The van der Waals surface area contributed by atoms with E-state index in [2.05, 4.69) is 66.0 Å². The Morgan fingerprint density at radius 3 is 2.43 bits per heavy atom. The van der Waals surface area contributed by atoms with Crippen molar-refractivity contribution < 1.29 is 9.84 Å². The number of ether oxygens (including phenoxy) is 1. The molecule has 21 heavy (non-hydrogen) atoms. The van der Waals surface area contributed by atoms with Crippen LogP contribution in [0.4, 0.5) is 5.69 Å². The molecule has 0 amide bonds. The fourth-order valence-electron chi connectivity index (χ4n) is 2.10. The number of methoxy groups -OCH3 is 1. The highest BCUT2D eigenvalue weighted by molar-refractivity contribution is 14.1. The first-order valence-electron chi connectivity index (χ1n) is 6.90. The second kappa shape index (κ2) is 7.02. The maximum absolute atomic E-state index is 10.1. The molecule has 0 heterocycles. The predicted molar refractivity (Wildman–Crippen MR) is 95.2 cm³/mol. The van der Waals surface area contributed by atoms with Crippen molar-refractivity contribution in [2.45, 2.75) is 26.3 Å². The monoisotopic (exact) mass is 397 g/mol. The van der Waals surface area contributed by atoms with Crippen LogP contribution >= 0.6 is 22.6 Å². The van der Waals surface area contributed by atoms with Gasteiger partial charge in [0, 0.05) is 21.4 Å². The van der Waals surface area contributed by atoms with Gasteiger partial charge in [-0.3, -0.25) is 0 Å². The molecule has 0 saturated carbocycles. The van der Waals surface area contributed by atoms with Gasteiger partial charge in [-0.05, 0) is 58.3 Å². The average molecular weight is 397 g/mol. The number of phenolic OH excluding ortho intramolecular Hbond substituents is 1. The minimum atomic E-state index is 0.198. The van der Waals surface area contributed by atoms with Crippen LogP contribution in [0.2, 0.25) is 0 Å². The van der Waals surface area contributed by atoms with Crippen molar-refractivity contribution in [1.29, 1.82) is 0 Å². The third-order valence-electron chi connectivity index (χ3n) is 3.40. The second-order valence-electron chi connectivity index (χ2n) is 5.25. The molecular weight excluding hydrogens is 377 g/mol. The molecule has 0 unspecified atom stereocenters. The van der Waals surface area contributed by atoms with Gasteiger partial charge in [-0.25, -0.2) is 0 Å². The summed E-state index contributed by atoms with van der Waals surface area (Å²) in [5, 5.41) is 13.5. The Kier molecular flexibility index (Phi) is 5.33. The molecule has 2 rings (SSSR count). The van der Waals surface area contributed by atoms with Gasteiger partial charge in [-0.2, -0.15) is 0 Å². The van der Waals surface area contributed by atoms with Gasteiger partial charge >= 0.3 is 0 Å². The Balaban J connectivity index is 2.11. The third-order valence-corrected chi connectivity index (χ3v) is 4.02. The standard InChI is InChI=1S/C17H20INO2/c1-11(2)12-4-6-15(7-5-12)19-10-13-8-14(18)9-16(21-3)17(13)20/h4-9,11,19-20H,10H2,1-3H3. The van der Waals surface area contributed by atoms with E-state index in [1.54, 1.807) is 7.11 Å². The van der Waals surface area contributed by atoms with E-state index in [1.807, 2.05) is 12.1 Å². The maximum Gasteiger partial charge on any atom is 0.162 e. The minimum Gasteiger partial charge on any atom is -0.504 e. The predicted octanol–water partition coefficient (Wildman–Crippen LogP) is 4.74. The number of anilines is 1. The molecule has 0 atom stereocenters. The lowest BCUT2D eigenvalue weighted by molar-refractivity contribution is 0.370. The van der Waals surface area contributed by atoms with E-state index >= 15 is 0 Å². The van der Waals surface area contributed by atoms with E-state index in [-0.39, 0.29) is 5.75 Å². The van der Waals surface area contributed by atoms with Gasteiger partial charge in [0.1, 0.15) is 0 Å². The number of phenols is 1. The van der Waals surface area contributed by atoms with Crippen molar-refractivity contribution in [2.75, 3.05) is 12.4 Å². The highest BCUT2D eigenvalue weighted by atomic mass is 127. The van der Waals surface area contributed by atoms with E-state index in [9.17, 15) is 5.11 Å². The van der Waals surface area contributed by atoms with Gasteiger partial charge in [0.15, 0.2) is 11.5 Å².